The molecule has 0 aliphatic heterocycles. The van der Waals surface area contributed by atoms with Crippen LogP contribution in [-0.4, -0.2) is 47.1 Å². The zero-order chi connectivity index (χ0) is 21.8. The number of fused-ring (bicyclic) bond motifs is 1. The van der Waals surface area contributed by atoms with Crippen LogP contribution in [0.15, 0.2) is 58.4 Å². The van der Waals surface area contributed by atoms with Crippen LogP contribution in [0.25, 0.3) is 22.5 Å². The van der Waals surface area contributed by atoms with Gasteiger partial charge in [-0.15, -0.1) is 0 Å². The van der Waals surface area contributed by atoms with E-state index in [-0.39, 0.29) is 0 Å². The highest BCUT2D eigenvalue weighted by atomic mass is 16.5. The number of hydrogen-bond acceptors (Lipinski definition) is 6. The third kappa shape index (κ3) is 4.55. The Kier molecular flexibility index (Phi) is 6.49. The van der Waals surface area contributed by atoms with Crippen molar-refractivity contribution in [1.82, 2.24) is 9.88 Å². The van der Waals surface area contributed by atoms with Gasteiger partial charge in [-0.1, -0.05) is 17.3 Å². The van der Waals surface area contributed by atoms with E-state index in [1.165, 1.54) is 5.56 Å². The van der Waals surface area contributed by atoms with Crippen LogP contribution in [0.4, 0.5) is 0 Å². The lowest BCUT2D eigenvalue weighted by atomic mass is 9.99. The number of nitrogens with zero attached hydrogens (tertiary/aromatic N) is 3. The van der Waals surface area contributed by atoms with E-state index < -0.39 is 0 Å². The van der Waals surface area contributed by atoms with Crippen LogP contribution in [-0.2, 0) is 17.7 Å². The van der Waals surface area contributed by atoms with Crippen molar-refractivity contribution in [3.8, 4) is 22.5 Å². The number of oxime groups is 1. The fourth-order valence-electron chi connectivity index (χ4n) is 4.12. The molecule has 0 saturated heterocycles. The van der Waals surface area contributed by atoms with Gasteiger partial charge in [-0.3, -0.25) is 9.88 Å². The number of ether oxygens (including phenoxy) is 1. The molecule has 0 amide bonds. The van der Waals surface area contributed by atoms with Crippen molar-refractivity contribution in [1.29, 1.82) is 0 Å². The van der Waals surface area contributed by atoms with Gasteiger partial charge in [0.2, 0.25) is 0 Å². The van der Waals surface area contributed by atoms with Gasteiger partial charge < -0.3 is 14.4 Å². The van der Waals surface area contributed by atoms with Crippen LogP contribution in [0, 0.1) is 0 Å². The molecule has 4 rings (SSSR count). The monoisotopic (exact) mass is 419 g/mol. The Bertz CT molecular complexity index is 1060. The first-order valence-corrected chi connectivity index (χ1v) is 10.7. The van der Waals surface area contributed by atoms with E-state index in [2.05, 4.69) is 41.0 Å². The molecule has 162 valence electrons. The second-order valence-corrected chi connectivity index (χ2v) is 8.17. The van der Waals surface area contributed by atoms with Gasteiger partial charge in [0.05, 0.1) is 18.9 Å². The topological polar surface area (TPSA) is 71.1 Å². The van der Waals surface area contributed by atoms with Crippen molar-refractivity contribution in [3.63, 3.8) is 0 Å². The van der Waals surface area contributed by atoms with E-state index in [9.17, 15) is 5.21 Å². The molecule has 0 atom stereocenters. The molecule has 1 aromatic carbocycles. The summed E-state index contributed by atoms with van der Waals surface area (Å²) >= 11 is 0. The van der Waals surface area contributed by atoms with E-state index >= 15 is 0 Å². The molecule has 1 aliphatic carbocycles. The van der Waals surface area contributed by atoms with Crippen LogP contribution in [0.3, 0.4) is 0 Å². The van der Waals surface area contributed by atoms with Crippen LogP contribution < -0.4 is 0 Å². The second kappa shape index (κ2) is 9.45. The van der Waals surface area contributed by atoms with E-state index in [1.54, 1.807) is 19.5 Å². The fourth-order valence-corrected chi connectivity index (χ4v) is 4.12. The molecule has 3 aromatic rings. The van der Waals surface area contributed by atoms with Crippen molar-refractivity contribution in [3.05, 3.63) is 65.7 Å². The zero-order valence-electron chi connectivity index (χ0n) is 18.3. The van der Waals surface area contributed by atoms with E-state index in [1.807, 2.05) is 24.3 Å². The average Bonchev–Trinajstić information content (AvgIpc) is 3.40. The van der Waals surface area contributed by atoms with Gasteiger partial charge in [-0.25, -0.2) is 0 Å². The number of pyridine rings is 1. The Morgan fingerprint density at radius 2 is 1.90 bits per heavy atom. The normalized spacial score (nSPS) is 14.7. The summed E-state index contributed by atoms with van der Waals surface area (Å²) in [5.41, 5.74) is 6.13. The number of aryl methyl sites for hydroxylation is 1. The third-order valence-corrected chi connectivity index (χ3v) is 5.88. The maximum Gasteiger partial charge on any atom is 0.142 e. The molecule has 31 heavy (non-hydrogen) atoms. The number of furan rings is 1. The molecule has 0 saturated carbocycles. The number of hydrogen-bond donors (Lipinski definition) is 1. The number of benzene rings is 1. The fraction of sp³-hybridized carbons (Fsp3) is 0.360. The summed E-state index contributed by atoms with van der Waals surface area (Å²) in [5.74, 6) is 1.78. The molecule has 2 heterocycles. The lowest BCUT2D eigenvalue weighted by molar-refractivity contribution is 0.119. The molecular formula is C25H29N3O3. The Morgan fingerprint density at radius 3 is 2.61 bits per heavy atom. The van der Waals surface area contributed by atoms with Crippen molar-refractivity contribution in [2.75, 3.05) is 20.3 Å². The standard InChI is InChI=1S/C25H29N3O3/c1-17(2)28(12-13-30-3)16-21-15-23(18-8-10-26-11-9-18)25(31-21)20-4-6-22-19(14-20)5-7-24(22)27-29/h4,6,8-11,14-15,17,29H,5,7,12-13,16H2,1-3H3/b27-24-. The zero-order valence-corrected chi connectivity index (χ0v) is 18.3. The Balaban J connectivity index is 1.73. The van der Waals surface area contributed by atoms with Gasteiger partial charge in [0.25, 0.3) is 0 Å². The van der Waals surface area contributed by atoms with E-state index in [0.29, 0.717) is 19.2 Å². The number of rotatable bonds is 8. The molecule has 0 fully saturated rings. The van der Waals surface area contributed by atoms with Crippen LogP contribution in [0.1, 0.15) is 37.2 Å². The largest absolute Gasteiger partial charge is 0.459 e. The summed E-state index contributed by atoms with van der Waals surface area (Å²) < 4.78 is 11.7. The summed E-state index contributed by atoms with van der Waals surface area (Å²) in [4.78, 5) is 6.50. The summed E-state index contributed by atoms with van der Waals surface area (Å²) in [6, 6.07) is 12.8. The van der Waals surface area contributed by atoms with Crippen LogP contribution in [0.5, 0.6) is 0 Å². The second-order valence-electron chi connectivity index (χ2n) is 8.17. The van der Waals surface area contributed by atoms with Gasteiger partial charge >= 0.3 is 0 Å². The van der Waals surface area contributed by atoms with Gasteiger partial charge in [0, 0.05) is 48.8 Å². The highest BCUT2D eigenvalue weighted by Gasteiger charge is 2.22. The minimum Gasteiger partial charge on any atom is -0.459 e. The first kappa shape index (κ1) is 21.3. The van der Waals surface area contributed by atoms with Gasteiger partial charge in [0.15, 0.2) is 0 Å². The Labute approximate surface area is 183 Å². The molecule has 0 unspecified atom stereocenters. The maximum absolute atomic E-state index is 9.24. The highest BCUT2D eigenvalue weighted by molar-refractivity contribution is 6.04. The smallest absolute Gasteiger partial charge is 0.142 e. The van der Waals surface area contributed by atoms with Crippen molar-refractivity contribution in [2.24, 2.45) is 5.16 Å². The van der Waals surface area contributed by atoms with Crippen LogP contribution in [0.2, 0.25) is 0 Å². The van der Waals surface area contributed by atoms with Crippen molar-refractivity contribution < 1.29 is 14.4 Å². The molecule has 0 radical (unpaired) electrons. The molecule has 1 N–H and O–H groups in total. The minimum absolute atomic E-state index is 0.379. The predicted molar refractivity (Wildman–Crippen MR) is 121 cm³/mol. The van der Waals surface area contributed by atoms with E-state index in [0.717, 1.165) is 58.9 Å². The lowest BCUT2D eigenvalue weighted by Gasteiger charge is -2.24. The minimum atomic E-state index is 0.379. The lowest BCUT2D eigenvalue weighted by Crippen LogP contribution is -2.33. The Hall–Kier alpha value is -2.96. The average molecular weight is 420 g/mol. The Morgan fingerprint density at radius 1 is 1.10 bits per heavy atom. The van der Waals surface area contributed by atoms with E-state index in [4.69, 9.17) is 9.15 Å². The summed E-state index contributed by atoms with van der Waals surface area (Å²) in [6.07, 6.45) is 5.24. The molecule has 2 aromatic heterocycles. The molecule has 6 heteroatoms. The highest BCUT2D eigenvalue weighted by Crippen LogP contribution is 2.37. The maximum atomic E-state index is 9.24. The van der Waals surface area contributed by atoms with Crippen LogP contribution >= 0.6 is 0 Å². The predicted octanol–water partition coefficient (Wildman–Crippen LogP) is 4.99. The van der Waals surface area contributed by atoms with Gasteiger partial charge in [-0.05, 0) is 62.1 Å². The third-order valence-electron chi connectivity index (χ3n) is 5.88. The summed E-state index contributed by atoms with van der Waals surface area (Å²) in [7, 11) is 1.73. The summed E-state index contributed by atoms with van der Waals surface area (Å²) in [6.45, 7) is 6.61. The van der Waals surface area contributed by atoms with Gasteiger partial charge in [0.1, 0.15) is 11.5 Å². The molecular weight excluding hydrogens is 390 g/mol. The van der Waals surface area contributed by atoms with Crippen molar-refractivity contribution >= 4 is 5.71 Å². The summed E-state index contributed by atoms with van der Waals surface area (Å²) in [5, 5.41) is 12.7. The molecule has 6 nitrogen and oxygen atoms in total. The van der Waals surface area contributed by atoms with Crippen molar-refractivity contribution in [2.45, 2.75) is 39.3 Å². The molecule has 1 aliphatic rings. The quantitative estimate of drug-likeness (QED) is 0.411. The SMILES string of the molecule is COCCN(Cc1cc(-c2ccncc2)c(-c2ccc3c(c2)CC/C3=N/O)o1)C(C)C. The number of methoxy groups -OCH3 is 1. The number of aromatic nitrogens is 1. The van der Waals surface area contributed by atoms with Gasteiger partial charge in [-0.2, -0.15) is 0 Å². The molecule has 0 bridgehead atoms. The molecule has 0 spiro atoms. The first-order chi connectivity index (χ1) is 15.1. The first-order valence-electron chi connectivity index (χ1n) is 10.7.